The molecule has 0 unspecified atom stereocenters. The fourth-order valence-corrected chi connectivity index (χ4v) is 2.97. The number of rotatable bonds is 4. The number of carbonyl (C=O) groups excluding carboxylic acids is 1. The third kappa shape index (κ3) is 3.78. The van der Waals surface area contributed by atoms with E-state index in [4.69, 9.17) is 5.73 Å². The van der Waals surface area contributed by atoms with Gasteiger partial charge in [-0.3, -0.25) is 9.48 Å². The molecule has 7 heteroatoms. The Kier molecular flexibility index (Phi) is 4.96. The zero-order valence-electron chi connectivity index (χ0n) is 13.5. The predicted molar refractivity (Wildman–Crippen MR) is 98.6 cm³/mol. The van der Waals surface area contributed by atoms with Gasteiger partial charge in [0, 0.05) is 29.3 Å². The SMILES string of the molecule is Cn1nc(-c2ccc(F)cc2)cc1C(=O)Nc1ccc(CN)c(Br)c1. The molecule has 1 heterocycles. The zero-order valence-corrected chi connectivity index (χ0v) is 15.0. The number of nitrogens with zero attached hydrogens (tertiary/aromatic N) is 2. The van der Waals surface area contributed by atoms with Gasteiger partial charge in [0.15, 0.2) is 0 Å². The highest BCUT2D eigenvalue weighted by Gasteiger charge is 2.15. The van der Waals surface area contributed by atoms with E-state index in [0.717, 1.165) is 15.6 Å². The van der Waals surface area contributed by atoms with Crippen LogP contribution in [-0.4, -0.2) is 15.7 Å². The molecule has 128 valence electrons. The summed E-state index contributed by atoms with van der Waals surface area (Å²) in [5, 5.41) is 7.16. The second kappa shape index (κ2) is 7.16. The van der Waals surface area contributed by atoms with Gasteiger partial charge >= 0.3 is 0 Å². The molecule has 0 spiro atoms. The minimum absolute atomic E-state index is 0.282. The Morgan fingerprint density at radius 1 is 1.24 bits per heavy atom. The van der Waals surface area contributed by atoms with Crippen molar-refractivity contribution in [2.24, 2.45) is 12.8 Å². The number of hydrogen-bond acceptors (Lipinski definition) is 3. The van der Waals surface area contributed by atoms with E-state index in [9.17, 15) is 9.18 Å². The number of nitrogens with two attached hydrogens (primary N) is 1. The first-order valence-electron chi connectivity index (χ1n) is 7.58. The molecule has 0 saturated carbocycles. The predicted octanol–water partition coefficient (Wildman–Crippen LogP) is 3.70. The average molecular weight is 403 g/mol. The van der Waals surface area contributed by atoms with Crippen molar-refractivity contribution >= 4 is 27.5 Å². The van der Waals surface area contributed by atoms with Gasteiger partial charge in [0.1, 0.15) is 11.5 Å². The molecule has 0 aliphatic rings. The number of benzene rings is 2. The molecule has 25 heavy (non-hydrogen) atoms. The van der Waals surface area contributed by atoms with E-state index in [-0.39, 0.29) is 11.7 Å². The number of amides is 1. The van der Waals surface area contributed by atoms with Crippen LogP contribution in [0.5, 0.6) is 0 Å². The highest BCUT2D eigenvalue weighted by Crippen LogP contribution is 2.23. The standard InChI is InChI=1S/C18H16BrFN4O/c1-24-17(9-16(23-24)11-2-5-13(20)6-3-11)18(25)22-14-7-4-12(10-21)15(19)8-14/h2-9H,10,21H2,1H3,(H,22,25). The fraction of sp³-hybridized carbons (Fsp3) is 0.111. The monoisotopic (exact) mass is 402 g/mol. The number of halogens is 2. The third-order valence-corrected chi connectivity index (χ3v) is 4.52. The van der Waals surface area contributed by atoms with Crippen LogP contribution in [0, 0.1) is 5.82 Å². The summed E-state index contributed by atoms with van der Waals surface area (Å²) in [6.45, 7) is 0.414. The number of nitrogens with one attached hydrogen (secondary N) is 1. The van der Waals surface area contributed by atoms with Crippen molar-refractivity contribution in [2.45, 2.75) is 6.54 Å². The molecule has 0 bridgehead atoms. The minimum atomic E-state index is -0.316. The first-order valence-corrected chi connectivity index (χ1v) is 8.37. The maximum absolute atomic E-state index is 13.0. The summed E-state index contributed by atoms with van der Waals surface area (Å²) in [6.07, 6.45) is 0. The zero-order chi connectivity index (χ0) is 18.0. The lowest BCUT2D eigenvalue weighted by Crippen LogP contribution is -2.16. The van der Waals surface area contributed by atoms with Gasteiger partial charge in [0.25, 0.3) is 5.91 Å². The minimum Gasteiger partial charge on any atom is -0.326 e. The van der Waals surface area contributed by atoms with Gasteiger partial charge < -0.3 is 11.1 Å². The van der Waals surface area contributed by atoms with Crippen molar-refractivity contribution in [3.05, 3.63) is 70.1 Å². The van der Waals surface area contributed by atoms with Gasteiger partial charge in [-0.25, -0.2) is 4.39 Å². The van der Waals surface area contributed by atoms with E-state index in [0.29, 0.717) is 23.6 Å². The molecule has 3 aromatic rings. The van der Waals surface area contributed by atoms with Crippen LogP contribution in [0.15, 0.2) is 53.0 Å². The Labute approximate surface area is 152 Å². The van der Waals surface area contributed by atoms with Crippen LogP contribution >= 0.6 is 15.9 Å². The molecule has 1 aromatic heterocycles. The quantitative estimate of drug-likeness (QED) is 0.698. The molecule has 0 saturated heterocycles. The van der Waals surface area contributed by atoms with Crippen molar-refractivity contribution in [1.82, 2.24) is 9.78 Å². The van der Waals surface area contributed by atoms with Gasteiger partial charge in [-0.15, -0.1) is 0 Å². The Hall–Kier alpha value is -2.51. The van der Waals surface area contributed by atoms with Crippen LogP contribution in [-0.2, 0) is 13.6 Å². The van der Waals surface area contributed by atoms with E-state index >= 15 is 0 Å². The molecule has 0 radical (unpaired) electrons. The first kappa shape index (κ1) is 17.3. The Bertz CT molecular complexity index is 921. The first-order chi connectivity index (χ1) is 12.0. The average Bonchev–Trinajstić information content (AvgIpc) is 2.97. The highest BCUT2D eigenvalue weighted by molar-refractivity contribution is 9.10. The summed E-state index contributed by atoms with van der Waals surface area (Å²) < 4.78 is 15.4. The van der Waals surface area contributed by atoms with Crippen molar-refractivity contribution in [3.63, 3.8) is 0 Å². The molecular formula is C18H16BrFN4O. The van der Waals surface area contributed by atoms with Crippen LogP contribution in [0.2, 0.25) is 0 Å². The molecule has 3 rings (SSSR count). The third-order valence-electron chi connectivity index (χ3n) is 3.78. The van der Waals surface area contributed by atoms with Crippen LogP contribution in [0.4, 0.5) is 10.1 Å². The van der Waals surface area contributed by atoms with E-state index < -0.39 is 0 Å². The number of carbonyl (C=O) groups is 1. The molecule has 5 nitrogen and oxygen atoms in total. The number of aryl methyl sites for hydroxylation is 1. The number of anilines is 1. The molecule has 2 aromatic carbocycles. The van der Waals surface area contributed by atoms with Gasteiger partial charge in [0.2, 0.25) is 0 Å². The van der Waals surface area contributed by atoms with Crippen molar-refractivity contribution < 1.29 is 9.18 Å². The second-order valence-electron chi connectivity index (χ2n) is 5.51. The Morgan fingerprint density at radius 3 is 2.60 bits per heavy atom. The summed E-state index contributed by atoms with van der Waals surface area (Å²) >= 11 is 3.43. The lowest BCUT2D eigenvalue weighted by molar-refractivity contribution is 0.101. The van der Waals surface area contributed by atoms with E-state index in [1.54, 1.807) is 37.4 Å². The van der Waals surface area contributed by atoms with E-state index in [1.165, 1.54) is 16.8 Å². The summed E-state index contributed by atoms with van der Waals surface area (Å²) in [7, 11) is 1.69. The molecule has 0 fully saturated rings. The largest absolute Gasteiger partial charge is 0.326 e. The maximum Gasteiger partial charge on any atom is 0.273 e. The summed E-state index contributed by atoms with van der Waals surface area (Å²) in [5.41, 5.74) is 8.98. The molecule has 3 N–H and O–H groups in total. The summed E-state index contributed by atoms with van der Waals surface area (Å²) in [6, 6.07) is 13.1. The molecule has 0 atom stereocenters. The maximum atomic E-state index is 13.0. The molecule has 1 amide bonds. The van der Waals surface area contributed by atoms with Gasteiger partial charge in [-0.05, 0) is 48.0 Å². The molecular weight excluding hydrogens is 387 g/mol. The molecule has 0 aliphatic carbocycles. The highest BCUT2D eigenvalue weighted by atomic mass is 79.9. The lowest BCUT2D eigenvalue weighted by atomic mass is 10.1. The van der Waals surface area contributed by atoms with Gasteiger partial charge in [0.05, 0.1) is 5.69 Å². The number of aromatic nitrogens is 2. The van der Waals surface area contributed by atoms with Crippen LogP contribution < -0.4 is 11.1 Å². The Morgan fingerprint density at radius 2 is 1.96 bits per heavy atom. The van der Waals surface area contributed by atoms with Crippen LogP contribution in [0.25, 0.3) is 11.3 Å². The van der Waals surface area contributed by atoms with Crippen molar-refractivity contribution in [3.8, 4) is 11.3 Å². The summed E-state index contributed by atoms with van der Waals surface area (Å²) in [4.78, 5) is 12.5. The Balaban J connectivity index is 1.83. The number of hydrogen-bond donors (Lipinski definition) is 2. The van der Waals surface area contributed by atoms with Crippen molar-refractivity contribution in [2.75, 3.05) is 5.32 Å². The van der Waals surface area contributed by atoms with Gasteiger partial charge in [-0.2, -0.15) is 5.10 Å². The van der Waals surface area contributed by atoms with Crippen LogP contribution in [0.1, 0.15) is 16.1 Å². The van der Waals surface area contributed by atoms with E-state index in [1.807, 2.05) is 6.07 Å². The topological polar surface area (TPSA) is 72.9 Å². The fourth-order valence-electron chi connectivity index (χ4n) is 2.43. The van der Waals surface area contributed by atoms with Crippen molar-refractivity contribution in [1.29, 1.82) is 0 Å². The van der Waals surface area contributed by atoms with E-state index in [2.05, 4.69) is 26.3 Å². The normalized spacial score (nSPS) is 10.7. The van der Waals surface area contributed by atoms with Gasteiger partial charge in [-0.1, -0.05) is 22.0 Å². The lowest BCUT2D eigenvalue weighted by Gasteiger charge is -2.08. The second-order valence-corrected chi connectivity index (χ2v) is 6.36. The smallest absolute Gasteiger partial charge is 0.273 e. The molecule has 0 aliphatic heterocycles. The summed E-state index contributed by atoms with van der Waals surface area (Å²) in [5.74, 6) is -0.597. The van der Waals surface area contributed by atoms with Crippen LogP contribution in [0.3, 0.4) is 0 Å².